The van der Waals surface area contributed by atoms with Crippen LogP contribution in [0.5, 0.6) is 0 Å². The molecule has 1 aliphatic heterocycles. The van der Waals surface area contributed by atoms with Gasteiger partial charge in [-0.25, -0.2) is 9.97 Å². The molecule has 2 aromatic heterocycles. The fourth-order valence-corrected chi connectivity index (χ4v) is 1.37. The summed E-state index contributed by atoms with van der Waals surface area (Å²) in [5, 5.41) is 10.8. The summed E-state index contributed by atoms with van der Waals surface area (Å²) in [5.41, 5.74) is 1.94. The van der Waals surface area contributed by atoms with Crippen molar-refractivity contribution < 1.29 is 4.74 Å². The van der Waals surface area contributed by atoms with Gasteiger partial charge in [0.25, 0.3) is 5.95 Å². The molecule has 0 aromatic carbocycles. The maximum absolute atomic E-state index is 5.18. The topological polar surface area (TPSA) is 81.9 Å². The lowest BCUT2D eigenvalue weighted by Gasteiger charge is -2.02. The lowest BCUT2D eigenvalue weighted by Crippen LogP contribution is -2.05. The first-order valence-electron chi connectivity index (χ1n) is 4.53. The van der Waals surface area contributed by atoms with Crippen LogP contribution in [-0.4, -0.2) is 36.8 Å². The number of aryl methyl sites for hydroxylation is 1. The molecule has 1 atom stereocenters. The SMILES string of the molecule is Cc1nc(-n2cnnn2)ncc1C1CO1. The quantitative estimate of drug-likeness (QED) is 0.632. The fourth-order valence-electron chi connectivity index (χ4n) is 1.37. The summed E-state index contributed by atoms with van der Waals surface area (Å²) in [7, 11) is 0. The molecule has 2 aromatic rings. The molecule has 3 rings (SSSR count). The van der Waals surface area contributed by atoms with Gasteiger partial charge in [-0.1, -0.05) is 0 Å². The number of aromatic nitrogens is 6. The molecule has 0 aliphatic carbocycles. The van der Waals surface area contributed by atoms with E-state index in [1.165, 1.54) is 11.0 Å². The Kier molecular flexibility index (Phi) is 1.72. The van der Waals surface area contributed by atoms with Crippen molar-refractivity contribution in [2.24, 2.45) is 0 Å². The van der Waals surface area contributed by atoms with Gasteiger partial charge in [0.1, 0.15) is 12.4 Å². The monoisotopic (exact) mass is 204 g/mol. The van der Waals surface area contributed by atoms with E-state index in [9.17, 15) is 0 Å². The highest BCUT2D eigenvalue weighted by molar-refractivity contribution is 5.25. The number of hydrogen-bond acceptors (Lipinski definition) is 6. The Labute approximate surface area is 85.1 Å². The van der Waals surface area contributed by atoms with Gasteiger partial charge < -0.3 is 4.74 Å². The Balaban J connectivity index is 2.01. The van der Waals surface area contributed by atoms with E-state index in [1.54, 1.807) is 6.20 Å². The minimum absolute atomic E-state index is 0.174. The molecule has 1 fully saturated rings. The average Bonchev–Trinajstić information content (AvgIpc) is 2.93. The molecule has 0 spiro atoms. The zero-order valence-electron chi connectivity index (χ0n) is 8.03. The first kappa shape index (κ1) is 8.42. The number of rotatable bonds is 2. The molecule has 7 heteroatoms. The van der Waals surface area contributed by atoms with E-state index in [4.69, 9.17) is 4.74 Å². The number of nitrogens with zero attached hydrogens (tertiary/aromatic N) is 6. The molecule has 1 aliphatic rings. The second kappa shape index (κ2) is 3.06. The second-order valence-corrected chi connectivity index (χ2v) is 3.29. The summed E-state index contributed by atoms with van der Waals surface area (Å²) in [6.07, 6.45) is 3.40. The summed E-state index contributed by atoms with van der Waals surface area (Å²) in [5.74, 6) is 0.474. The van der Waals surface area contributed by atoms with Crippen LogP contribution >= 0.6 is 0 Å². The molecular weight excluding hydrogens is 196 g/mol. The van der Waals surface area contributed by atoms with Gasteiger partial charge in [-0.05, 0) is 17.4 Å². The third-order valence-corrected chi connectivity index (χ3v) is 2.24. The van der Waals surface area contributed by atoms with Gasteiger partial charge in [-0.3, -0.25) is 0 Å². The van der Waals surface area contributed by atoms with Crippen LogP contribution in [0.15, 0.2) is 12.5 Å². The lowest BCUT2D eigenvalue weighted by atomic mass is 10.2. The van der Waals surface area contributed by atoms with E-state index in [0.717, 1.165) is 17.9 Å². The summed E-state index contributed by atoms with van der Waals surface area (Å²) in [6.45, 7) is 2.68. The van der Waals surface area contributed by atoms with Crippen LogP contribution in [0.1, 0.15) is 17.4 Å². The van der Waals surface area contributed by atoms with Gasteiger partial charge in [0.2, 0.25) is 0 Å². The average molecular weight is 204 g/mol. The molecule has 0 saturated carbocycles. The maximum atomic E-state index is 5.18. The Morgan fingerprint density at radius 1 is 1.53 bits per heavy atom. The normalized spacial score (nSPS) is 19.1. The zero-order valence-corrected chi connectivity index (χ0v) is 8.03. The number of hydrogen-bond donors (Lipinski definition) is 0. The van der Waals surface area contributed by atoms with Crippen molar-refractivity contribution in [3.63, 3.8) is 0 Å². The van der Waals surface area contributed by atoms with Crippen LogP contribution in [-0.2, 0) is 4.74 Å². The van der Waals surface area contributed by atoms with Crippen LogP contribution in [0, 0.1) is 6.92 Å². The van der Waals surface area contributed by atoms with E-state index < -0.39 is 0 Å². The highest BCUT2D eigenvalue weighted by Gasteiger charge is 2.27. The first-order chi connectivity index (χ1) is 7.34. The molecule has 0 bridgehead atoms. The van der Waals surface area contributed by atoms with Crippen molar-refractivity contribution >= 4 is 0 Å². The minimum atomic E-state index is 0.174. The molecule has 1 saturated heterocycles. The molecule has 15 heavy (non-hydrogen) atoms. The van der Waals surface area contributed by atoms with Gasteiger partial charge in [-0.2, -0.15) is 4.68 Å². The van der Waals surface area contributed by atoms with Crippen LogP contribution in [0.3, 0.4) is 0 Å². The van der Waals surface area contributed by atoms with Crippen LogP contribution < -0.4 is 0 Å². The van der Waals surface area contributed by atoms with E-state index >= 15 is 0 Å². The molecule has 3 heterocycles. The van der Waals surface area contributed by atoms with Crippen LogP contribution in [0.4, 0.5) is 0 Å². The number of tetrazole rings is 1. The zero-order chi connectivity index (χ0) is 10.3. The van der Waals surface area contributed by atoms with Crippen molar-refractivity contribution in [3.8, 4) is 5.95 Å². The van der Waals surface area contributed by atoms with E-state index in [1.807, 2.05) is 6.92 Å². The van der Waals surface area contributed by atoms with Crippen molar-refractivity contribution in [2.45, 2.75) is 13.0 Å². The molecule has 7 nitrogen and oxygen atoms in total. The predicted octanol–water partition coefficient (Wildman–Crippen LogP) is -0.168. The standard InChI is InChI=1S/C8H8N6O/c1-5-6(7-3-15-7)2-9-8(11-5)14-4-10-12-13-14/h2,4,7H,3H2,1H3. The number of epoxide rings is 1. The van der Waals surface area contributed by atoms with Gasteiger partial charge in [0.05, 0.1) is 6.61 Å². The van der Waals surface area contributed by atoms with Crippen LogP contribution in [0.2, 0.25) is 0 Å². The number of ether oxygens (including phenoxy) is 1. The highest BCUT2D eigenvalue weighted by Crippen LogP contribution is 2.30. The van der Waals surface area contributed by atoms with Gasteiger partial charge in [0, 0.05) is 17.5 Å². The van der Waals surface area contributed by atoms with Crippen molar-refractivity contribution in [3.05, 3.63) is 23.8 Å². The Bertz CT molecular complexity index is 478. The Morgan fingerprint density at radius 3 is 3.00 bits per heavy atom. The largest absolute Gasteiger partial charge is 0.368 e. The predicted molar refractivity (Wildman–Crippen MR) is 48.2 cm³/mol. The third-order valence-electron chi connectivity index (χ3n) is 2.24. The van der Waals surface area contributed by atoms with Crippen molar-refractivity contribution in [2.75, 3.05) is 6.61 Å². The fraction of sp³-hybridized carbons (Fsp3) is 0.375. The van der Waals surface area contributed by atoms with E-state index in [2.05, 4.69) is 25.5 Å². The Morgan fingerprint density at radius 2 is 2.40 bits per heavy atom. The smallest absolute Gasteiger partial charge is 0.253 e. The van der Waals surface area contributed by atoms with Gasteiger partial charge in [0.15, 0.2) is 0 Å². The summed E-state index contributed by atoms with van der Waals surface area (Å²) in [4.78, 5) is 8.48. The minimum Gasteiger partial charge on any atom is -0.368 e. The second-order valence-electron chi connectivity index (χ2n) is 3.29. The molecule has 1 unspecified atom stereocenters. The van der Waals surface area contributed by atoms with Gasteiger partial charge in [-0.15, -0.1) is 5.10 Å². The van der Waals surface area contributed by atoms with E-state index in [-0.39, 0.29) is 6.10 Å². The summed E-state index contributed by atoms with van der Waals surface area (Å²) >= 11 is 0. The van der Waals surface area contributed by atoms with Crippen molar-refractivity contribution in [1.29, 1.82) is 0 Å². The molecule has 76 valence electrons. The molecular formula is C8H8N6O. The molecule has 0 radical (unpaired) electrons. The van der Waals surface area contributed by atoms with Gasteiger partial charge >= 0.3 is 0 Å². The van der Waals surface area contributed by atoms with Crippen LogP contribution in [0.25, 0.3) is 5.95 Å². The van der Waals surface area contributed by atoms with Crippen molar-refractivity contribution in [1.82, 2.24) is 30.2 Å². The Hall–Kier alpha value is -1.89. The van der Waals surface area contributed by atoms with E-state index in [0.29, 0.717) is 5.95 Å². The summed E-state index contributed by atoms with van der Waals surface area (Å²) in [6, 6.07) is 0. The first-order valence-corrected chi connectivity index (χ1v) is 4.53. The lowest BCUT2D eigenvalue weighted by molar-refractivity contribution is 0.413. The maximum Gasteiger partial charge on any atom is 0.253 e. The molecule has 0 N–H and O–H groups in total. The third kappa shape index (κ3) is 1.46. The summed E-state index contributed by atoms with van der Waals surface area (Å²) < 4.78 is 6.60. The molecule has 0 amide bonds. The highest BCUT2D eigenvalue weighted by atomic mass is 16.6.